The maximum Gasteiger partial charge on any atom is 0.410 e. The quantitative estimate of drug-likeness (QED) is 0.679. The van der Waals surface area contributed by atoms with E-state index in [1.54, 1.807) is 11.0 Å². The molecule has 1 spiro atoms. The Hall–Kier alpha value is -2.10. The second-order valence-corrected chi connectivity index (χ2v) is 10.4. The monoisotopic (exact) mass is 442 g/mol. The van der Waals surface area contributed by atoms with Crippen LogP contribution >= 0.6 is 11.3 Å². The lowest BCUT2D eigenvalue weighted by Gasteiger charge is -2.27. The molecule has 2 aromatic rings. The first-order valence-corrected chi connectivity index (χ1v) is 10.8. The van der Waals surface area contributed by atoms with Gasteiger partial charge in [0, 0.05) is 36.5 Å². The van der Waals surface area contributed by atoms with Crippen molar-refractivity contribution >= 4 is 33.5 Å². The van der Waals surface area contributed by atoms with Gasteiger partial charge in [-0.15, -0.1) is 11.3 Å². The number of alkyl halides is 3. The summed E-state index contributed by atoms with van der Waals surface area (Å²) in [5, 5.41) is 0.667. The molecule has 4 rings (SSSR count). The number of aromatic nitrogens is 2. The molecule has 164 valence electrons. The number of nitrogens with zero attached hydrogens (tertiary/aromatic N) is 4. The number of carbonyl (C=O) groups excluding carboxylic acids is 1. The Kier molecular flexibility index (Phi) is 5.11. The van der Waals surface area contributed by atoms with E-state index in [0.29, 0.717) is 35.7 Å². The van der Waals surface area contributed by atoms with E-state index in [1.807, 2.05) is 20.8 Å². The summed E-state index contributed by atoms with van der Waals surface area (Å²) in [5.74, 6) is 0.678. The van der Waals surface area contributed by atoms with Crippen LogP contribution < -0.4 is 4.90 Å². The molecule has 0 radical (unpaired) electrons. The van der Waals surface area contributed by atoms with Crippen LogP contribution in [-0.2, 0) is 11.2 Å². The van der Waals surface area contributed by atoms with Crippen molar-refractivity contribution in [2.75, 3.05) is 31.1 Å². The van der Waals surface area contributed by atoms with Crippen LogP contribution in [0, 0.1) is 5.41 Å². The highest BCUT2D eigenvalue weighted by atomic mass is 32.1. The molecule has 0 aliphatic carbocycles. The largest absolute Gasteiger partial charge is 0.444 e. The second-order valence-electron chi connectivity index (χ2n) is 9.24. The minimum absolute atomic E-state index is 0.0427. The SMILES string of the molecule is CC(C)(C)OC(=O)N1CC[C@]2(CCN(c3ncnc4sc(CC(F)(F)F)cc34)C2)C1. The van der Waals surface area contributed by atoms with E-state index in [-0.39, 0.29) is 16.4 Å². The van der Waals surface area contributed by atoms with E-state index >= 15 is 0 Å². The molecule has 0 N–H and O–H groups in total. The predicted molar refractivity (Wildman–Crippen MR) is 109 cm³/mol. The molecule has 0 aromatic carbocycles. The summed E-state index contributed by atoms with van der Waals surface area (Å²) < 4.78 is 43.9. The number of amides is 1. The summed E-state index contributed by atoms with van der Waals surface area (Å²) in [6, 6.07) is 1.56. The summed E-state index contributed by atoms with van der Waals surface area (Å²) >= 11 is 1.06. The van der Waals surface area contributed by atoms with Crippen LogP contribution in [0.4, 0.5) is 23.8 Å². The molecule has 0 unspecified atom stereocenters. The van der Waals surface area contributed by atoms with Crippen molar-refractivity contribution in [2.45, 2.75) is 51.8 Å². The van der Waals surface area contributed by atoms with E-state index in [4.69, 9.17) is 4.74 Å². The molecule has 0 bridgehead atoms. The van der Waals surface area contributed by atoms with Gasteiger partial charge in [0.25, 0.3) is 0 Å². The van der Waals surface area contributed by atoms with Gasteiger partial charge in [-0.05, 0) is 39.7 Å². The molecule has 10 heteroatoms. The predicted octanol–water partition coefficient (Wildman–Crippen LogP) is 4.63. The molecular weight excluding hydrogens is 417 g/mol. The fourth-order valence-corrected chi connectivity index (χ4v) is 5.32. The molecule has 2 aliphatic rings. The smallest absolute Gasteiger partial charge is 0.410 e. The normalized spacial score (nSPS) is 22.5. The lowest BCUT2D eigenvalue weighted by molar-refractivity contribution is -0.126. The number of halogens is 3. The first kappa shape index (κ1) is 21.1. The highest BCUT2D eigenvalue weighted by Crippen LogP contribution is 2.43. The Morgan fingerprint density at radius 2 is 1.93 bits per heavy atom. The fraction of sp³-hybridized carbons (Fsp3) is 0.650. The summed E-state index contributed by atoms with van der Waals surface area (Å²) in [5.41, 5.74) is -0.576. The Morgan fingerprint density at radius 1 is 1.20 bits per heavy atom. The van der Waals surface area contributed by atoms with E-state index in [2.05, 4.69) is 14.9 Å². The van der Waals surface area contributed by atoms with Crippen molar-refractivity contribution in [2.24, 2.45) is 5.41 Å². The molecule has 4 heterocycles. The molecule has 6 nitrogen and oxygen atoms in total. The topological polar surface area (TPSA) is 58.6 Å². The molecule has 2 saturated heterocycles. The molecule has 1 atom stereocenters. The van der Waals surface area contributed by atoms with Gasteiger partial charge in [-0.2, -0.15) is 13.2 Å². The van der Waals surface area contributed by atoms with E-state index in [0.717, 1.165) is 30.7 Å². The number of carbonyl (C=O) groups is 1. The Morgan fingerprint density at radius 3 is 2.63 bits per heavy atom. The van der Waals surface area contributed by atoms with Gasteiger partial charge in [0.2, 0.25) is 0 Å². The highest BCUT2D eigenvalue weighted by Gasteiger charge is 2.46. The van der Waals surface area contributed by atoms with Gasteiger partial charge in [0.05, 0.1) is 11.8 Å². The number of rotatable bonds is 2. The van der Waals surface area contributed by atoms with Crippen molar-refractivity contribution in [1.82, 2.24) is 14.9 Å². The second kappa shape index (κ2) is 7.25. The average molecular weight is 443 g/mol. The zero-order chi connectivity index (χ0) is 21.7. The minimum Gasteiger partial charge on any atom is -0.444 e. The zero-order valence-corrected chi connectivity index (χ0v) is 18.1. The number of hydrogen-bond acceptors (Lipinski definition) is 6. The highest BCUT2D eigenvalue weighted by molar-refractivity contribution is 7.18. The van der Waals surface area contributed by atoms with E-state index < -0.39 is 18.2 Å². The van der Waals surface area contributed by atoms with Crippen LogP contribution in [0.1, 0.15) is 38.5 Å². The van der Waals surface area contributed by atoms with Crippen molar-refractivity contribution in [1.29, 1.82) is 0 Å². The van der Waals surface area contributed by atoms with Gasteiger partial charge in [-0.3, -0.25) is 0 Å². The number of hydrogen-bond donors (Lipinski definition) is 0. The van der Waals surface area contributed by atoms with Crippen LogP contribution in [-0.4, -0.2) is 58.9 Å². The van der Waals surface area contributed by atoms with Gasteiger partial charge in [0.15, 0.2) is 0 Å². The van der Waals surface area contributed by atoms with Crippen LogP contribution in [0.3, 0.4) is 0 Å². The number of thiophene rings is 1. The van der Waals surface area contributed by atoms with Crippen LogP contribution in [0.5, 0.6) is 0 Å². The number of ether oxygens (including phenoxy) is 1. The van der Waals surface area contributed by atoms with Gasteiger partial charge >= 0.3 is 12.3 Å². The molecule has 1 amide bonds. The molecule has 2 fully saturated rings. The van der Waals surface area contributed by atoms with Gasteiger partial charge in [0.1, 0.15) is 22.6 Å². The van der Waals surface area contributed by atoms with Crippen molar-refractivity contribution < 1.29 is 22.7 Å². The molecular formula is C20H25F3N4O2S. The lowest BCUT2D eigenvalue weighted by Crippen LogP contribution is -2.37. The van der Waals surface area contributed by atoms with Crippen LogP contribution in [0.25, 0.3) is 10.2 Å². The van der Waals surface area contributed by atoms with Gasteiger partial charge < -0.3 is 14.5 Å². The third kappa shape index (κ3) is 4.48. The van der Waals surface area contributed by atoms with E-state index in [1.165, 1.54) is 6.33 Å². The van der Waals surface area contributed by atoms with E-state index in [9.17, 15) is 18.0 Å². The van der Waals surface area contributed by atoms with Crippen molar-refractivity contribution in [3.05, 3.63) is 17.3 Å². The first-order chi connectivity index (χ1) is 13.9. The minimum atomic E-state index is -4.25. The van der Waals surface area contributed by atoms with Crippen molar-refractivity contribution in [3.8, 4) is 0 Å². The Bertz CT molecular complexity index is 956. The maximum absolute atomic E-state index is 12.8. The number of fused-ring (bicyclic) bond motifs is 1. The molecule has 2 aromatic heterocycles. The summed E-state index contributed by atoms with van der Waals surface area (Å²) in [7, 11) is 0. The molecule has 2 aliphatic heterocycles. The van der Waals surface area contributed by atoms with Crippen molar-refractivity contribution in [3.63, 3.8) is 0 Å². The molecule has 30 heavy (non-hydrogen) atoms. The zero-order valence-electron chi connectivity index (χ0n) is 17.3. The van der Waals surface area contributed by atoms with Gasteiger partial charge in [-0.25, -0.2) is 14.8 Å². The number of anilines is 1. The van der Waals surface area contributed by atoms with Crippen LogP contribution in [0.15, 0.2) is 12.4 Å². The van der Waals surface area contributed by atoms with Crippen LogP contribution in [0.2, 0.25) is 0 Å². The maximum atomic E-state index is 12.8. The fourth-order valence-electron chi connectivity index (χ4n) is 4.30. The summed E-state index contributed by atoms with van der Waals surface area (Å²) in [6.07, 6.45) is -2.31. The standard InChI is InChI=1S/C20H25F3N4O2S/c1-18(2,3)29-17(28)27-7-5-19(11-27)4-6-26(10-19)15-14-8-13(9-20(21,22)23)30-16(14)25-12-24-15/h8,12H,4-7,9-11H2,1-3H3/t19-/m0/s1. The Balaban J connectivity index is 1.50. The third-order valence-corrected chi connectivity index (χ3v) is 6.61. The third-order valence-electron chi connectivity index (χ3n) is 5.56. The summed E-state index contributed by atoms with van der Waals surface area (Å²) in [6.45, 7) is 8.28. The Labute approximate surface area is 177 Å². The average Bonchev–Trinajstić information content (AvgIpc) is 3.30. The summed E-state index contributed by atoms with van der Waals surface area (Å²) in [4.78, 5) is 25.7. The van der Waals surface area contributed by atoms with Gasteiger partial charge in [-0.1, -0.05) is 0 Å². The molecule has 0 saturated carbocycles. The lowest BCUT2D eigenvalue weighted by atomic mass is 9.86. The number of likely N-dealkylation sites (tertiary alicyclic amines) is 1. The first-order valence-electron chi connectivity index (χ1n) is 9.96.